The van der Waals surface area contributed by atoms with Crippen molar-refractivity contribution in [1.82, 2.24) is 0 Å². The zero-order chi connectivity index (χ0) is 22.4. The zero-order valence-corrected chi connectivity index (χ0v) is 19.2. The van der Waals surface area contributed by atoms with Crippen LogP contribution in [0.25, 0.3) is 0 Å². The van der Waals surface area contributed by atoms with E-state index in [1.807, 2.05) is 6.92 Å². The third-order valence-electron chi connectivity index (χ3n) is 6.55. The Labute approximate surface area is 181 Å². The van der Waals surface area contributed by atoms with Crippen LogP contribution in [0, 0.1) is 0 Å². The highest BCUT2D eigenvalue weighted by Gasteiger charge is 2.47. The number of methoxy groups -OCH3 is 1. The lowest BCUT2D eigenvalue weighted by atomic mass is 9.92. The Morgan fingerprint density at radius 2 is 1.80 bits per heavy atom. The van der Waals surface area contributed by atoms with Crippen molar-refractivity contribution in [2.24, 2.45) is 0 Å². The average molecular weight is 425 g/mol. The summed E-state index contributed by atoms with van der Waals surface area (Å²) in [4.78, 5) is 12.3. The van der Waals surface area contributed by atoms with Crippen LogP contribution in [0.15, 0.2) is 24.3 Å². The molecular weight excluding hydrogens is 384 g/mol. The standard InChI is InChI=1S/C24H40O6/c1-17(2)21(25)29-23(5)13-9-7-8-11-19(23)28-16-15-24(30-22(26)18(3)4)14-10-12-20(24)27-6/h19-21,25H,1,3,7-16H2,2,4-6H3. The van der Waals surface area contributed by atoms with E-state index in [1.54, 1.807) is 21.0 Å². The van der Waals surface area contributed by atoms with Crippen molar-refractivity contribution in [2.75, 3.05) is 13.7 Å². The molecule has 0 aliphatic heterocycles. The van der Waals surface area contributed by atoms with Gasteiger partial charge in [-0.1, -0.05) is 32.4 Å². The molecule has 2 fully saturated rings. The molecule has 172 valence electrons. The van der Waals surface area contributed by atoms with Gasteiger partial charge in [0.1, 0.15) is 5.60 Å². The first kappa shape index (κ1) is 25.1. The predicted octanol–water partition coefficient (Wildman–Crippen LogP) is 4.45. The van der Waals surface area contributed by atoms with Gasteiger partial charge < -0.3 is 24.1 Å². The summed E-state index contributed by atoms with van der Waals surface area (Å²) in [5.74, 6) is -0.383. The van der Waals surface area contributed by atoms with Crippen LogP contribution < -0.4 is 0 Å². The molecule has 0 aromatic rings. The Morgan fingerprint density at radius 1 is 1.10 bits per heavy atom. The van der Waals surface area contributed by atoms with Crippen molar-refractivity contribution in [3.63, 3.8) is 0 Å². The van der Waals surface area contributed by atoms with Gasteiger partial charge in [-0.05, 0) is 58.4 Å². The molecule has 5 atom stereocenters. The third-order valence-corrected chi connectivity index (χ3v) is 6.55. The van der Waals surface area contributed by atoms with E-state index in [9.17, 15) is 9.90 Å². The number of aliphatic hydroxyl groups excluding tert-OH is 1. The SMILES string of the molecule is C=C(C)C(=O)OC1(CCOC2CCCCCC2(C)OC(O)C(=C)C)CCCC1OC. The number of carbonyl (C=O) groups is 1. The van der Waals surface area contributed by atoms with E-state index in [2.05, 4.69) is 13.2 Å². The molecule has 2 rings (SSSR count). The molecule has 5 unspecified atom stereocenters. The highest BCUT2D eigenvalue weighted by molar-refractivity contribution is 5.87. The van der Waals surface area contributed by atoms with Gasteiger partial charge in [-0.25, -0.2) is 4.79 Å². The van der Waals surface area contributed by atoms with Crippen molar-refractivity contribution in [3.05, 3.63) is 24.3 Å². The maximum atomic E-state index is 12.3. The first-order chi connectivity index (χ1) is 14.1. The van der Waals surface area contributed by atoms with Crippen molar-refractivity contribution in [3.8, 4) is 0 Å². The molecular formula is C24H40O6. The second-order valence-corrected chi connectivity index (χ2v) is 9.19. The van der Waals surface area contributed by atoms with Crippen molar-refractivity contribution in [1.29, 1.82) is 0 Å². The maximum Gasteiger partial charge on any atom is 0.333 e. The number of carbonyl (C=O) groups excluding carboxylic acids is 1. The van der Waals surface area contributed by atoms with Gasteiger partial charge in [0.25, 0.3) is 0 Å². The van der Waals surface area contributed by atoms with Gasteiger partial charge in [0.2, 0.25) is 0 Å². The lowest BCUT2D eigenvalue weighted by molar-refractivity contribution is -0.215. The van der Waals surface area contributed by atoms with Crippen molar-refractivity contribution in [2.45, 2.75) is 108 Å². The molecule has 6 heteroatoms. The number of esters is 1. The normalized spacial score (nSPS) is 33.0. The third kappa shape index (κ3) is 6.16. The van der Waals surface area contributed by atoms with Gasteiger partial charge in [-0.15, -0.1) is 0 Å². The van der Waals surface area contributed by atoms with Crippen LogP contribution in [-0.2, 0) is 23.7 Å². The predicted molar refractivity (Wildman–Crippen MR) is 116 cm³/mol. The van der Waals surface area contributed by atoms with E-state index in [0.717, 1.165) is 51.4 Å². The van der Waals surface area contributed by atoms with E-state index in [4.69, 9.17) is 18.9 Å². The van der Waals surface area contributed by atoms with Crippen molar-refractivity contribution >= 4 is 5.97 Å². The minimum Gasteiger partial charge on any atom is -0.453 e. The Hall–Kier alpha value is -1.21. The Balaban J connectivity index is 2.08. The first-order valence-corrected chi connectivity index (χ1v) is 11.2. The fraction of sp³-hybridized carbons (Fsp3) is 0.792. The highest BCUT2D eigenvalue weighted by atomic mass is 16.6. The number of aliphatic hydroxyl groups is 1. The molecule has 0 bridgehead atoms. The van der Waals surface area contributed by atoms with Gasteiger partial charge in [0.05, 0.1) is 24.4 Å². The average Bonchev–Trinajstić information content (AvgIpc) is 2.98. The van der Waals surface area contributed by atoms with Crippen LogP contribution in [0.4, 0.5) is 0 Å². The van der Waals surface area contributed by atoms with Gasteiger partial charge in [-0.3, -0.25) is 0 Å². The molecule has 0 radical (unpaired) electrons. The molecule has 0 amide bonds. The minimum absolute atomic E-state index is 0.147. The summed E-state index contributed by atoms with van der Waals surface area (Å²) >= 11 is 0. The molecule has 0 aromatic carbocycles. The van der Waals surface area contributed by atoms with Gasteiger partial charge in [0.15, 0.2) is 6.29 Å². The van der Waals surface area contributed by atoms with Crippen LogP contribution >= 0.6 is 0 Å². The van der Waals surface area contributed by atoms with E-state index < -0.39 is 17.5 Å². The topological polar surface area (TPSA) is 74.2 Å². The van der Waals surface area contributed by atoms with E-state index in [0.29, 0.717) is 24.2 Å². The summed E-state index contributed by atoms with van der Waals surface area (Å²) in [6, 6.07) is 0. The lowest BCUT2D eigenvalue weighted by Gasteiger charge is -2.39. The number of hydrogen-bond acceptors (Lipinski definition) is 6. The quantitative estimate of drug-likeness (QED) is 0.184. The Bertz CT molecular complexity index is 617. The monoisotopic (exact) mass is 424 g/mol. The summed E-state index contributed by atoms with van der Waals surface area (Å²) < 4.78 is 23.9. The minimum atomic E-state index is -1.00. The molecule has 0 heterocycles. The number of rotatable bonds is 10. The molecule has 30 heavy (non-hydrogen) atoms. The van der Waals surface area contributed by atoms with Gasteiger partial charge in [0, 0.05) is 19.1 Å². The van der Waals surface area contributed by atoms with E-state index in [-0.39, 0.29) is 18.2 Å². The summed E-state index contributed by atoms with van der Waals surface area (Å²) in [6.07, 6.45) is 6.70. The van der Waals surface area contributed by atoms with Crippen LogP contribution in [0.2, 0.25) is 0 Å². The van der Waals surface area contributed by atoms with Crippen LogP contribution in [-0.4, -0.2) is 54.5 Å². The van der Waals surface area contributed by atoms with Gasteiger partial charge in [-0.2, -0.15) is 0 Å². The Kier molecular flexibility index (Phi) is 9.10. The molecule has 2 aliphatic rings. The second-order valence-electron chi connectivity index (χ2n) is 9.19. The Morgan fingerprint density at radius 3 is 2.43 bits per heavy atom. The van der Waals surface area contributed by atoms with Crippen LogP contribution in [0.3, 0.4) is 0 Å². The smallest absolute Gasteiger partial charge is 0.333 e. The van der Waals surface area contributed by atoms with E-state index in [1.165, 1.54) is 0 Å². The summed E-state index contributed by atoms with van der Waals surface area (Å²) in [5.41, 5.74) is -0.314. The lowest BCUT2D eigenvalue weighted by Crippen LogP contribution is -2.48. The molecule has 2 saturated carbocycles. The maximum absolute atomic E-state index is 12.3. The number of ether oxygens (including phenoxy) is 4. The molecule has 1 N–H and O–H groups in total. The van der Waals surface area contributed by atoms with Crippen LogP contribution in [0.1, 0.15) is 78.6 Å². The molecule has 0 spiro atoms. The molecule has 0 saturated heterocycles. The largest absolute Gasteiger partial charge is 0.453 e. The highest BCUT2D eigenvalue weighted by Crippen LogP contribution is 2.40. The van der Waals surface area contributed by atoms with E-state index >= 15 is 0 Å². The van der Waals surface area contributed by atoms with Crippen LogP contribution in [0.5, 0.6) is 0 Å². The second kappa shape index (κ2) is 10.9. The molecule has 6 nitrogen and oxygen atoms in total. The summed E-state index contributed by atoms with van der Waals surface area (Å²) in [6.45, 7) is 13.4. The molecule has 2 aliphatic carbocycles. The zero-order valence-electron chi connectivity index (χ0n) is 19.2. The summed E-state index contributed by atoms with van der Waals surface area (Å²) in [5, 5.41) is 10.3. The first-order valence-electron chi connectivity index (χ1n) is 11.2. The molecule has 0 aromatic heterocycles. The van der Waals surface area contributed by atoms with Gasteiger partial charge >= 0.3 is 5.97 Å². The number of hydrogen-bond donors (Lipinski definition) is 1. The fourth-order valence-corrected chi connectivity index (χ4v) is 4.64. The fourth-order valence-electron chi connectivity index (χ4n) is 4.64. The van der Waals surface area contributed by atoms with Crippen molar-refractivity contribution < 1.29 is 28.8 Å². The summed E-state index contributed by atoms with van der Waals surface area (Å²) in [7, 11) is 1.66.